The summed E-state index contributed by atoms with van der Waals surface area (Å²) >= 11 is 1.73. The summed E-state index contributed by atoms with van der Waals surface area (Å²) in [4.78, 5) is 4.28. The Bertz CT molecular complexity index is 553. The van der Waals surface area contributed by atoms with Gasteiger partial charge in [-0.2, -0.15) is 11.3 Å². The van der Waals surface area contributed by atoms with Gasteiger partial charge in [-0.25, -0.2) is 4.98 Å². The first kappa shape index (κ1) is 14.5. The molecule has 0 bridgehead atoms. The number of hydrogen-bond acceptors (Lipinski definition) is 5. The number of hydrogen-bond donors (Lipinski definition) is 1. The zero-order valence-corrected chi connectivity index (χ0v) is 12.9. The number of nitrogens with one attached hydrogen (secondary N) is 1. The molecule has 0 aromatic carbocycles. The zero-order chi connectivity index (χ0) is 14.5. The van der Waals surface area contributed by atoms with E-state index in [1.807, 2.05) is 12.1 Å². The van der Waals surface area contributed by atoms with Crippen molar-refractivity contribution in [3.63, 3.8) is 0 Å². The Morgan fingerprint density at radius 3 is 3.24 bits per heavy atom. The Morgan fingerprint density at radius 1 is 1.52 bits per heavy atom. The van der Waals surface area contributed by atoms with Crippen LogP contribution in [0.5, 0.6) is 5.88 Å². The molecule has 112 valence electrons. The largest absolute Gasteiger partial charge is 0.472 e. The normalized spacial score (nSPS) is 19.6. The highest BCUT2D eigenvalue weighted by Crippen LogP contribution is 2.18. The number of nitrogens with zero attached hydrogens (tertiary/aromatic N) is 1. The van der Waals surface area contributed by atoms with Gasteiger partial charge in [-0.05, 0) is 40.9 Å². The number of pyridine rings is 1. The molecule has 3 rings (SSSR count). The van der Waals surface area contributed by atoms with Crippen molar-refractivity contribution in [2.24, 2.45) is 0 Å². The van der Waals surface area contributed by atoms with Crippen molar-refractivity contribution in [1.29, 1.82) is 0 Å². The second kappa shape index (κ2) is 7.02. The Morgan fingerprint density at radius 2 is 2.48 bits per heavy atom. The predicted octanol–water partition coefficient (Wildman–Crippen LogP) is 3.16. The van der Waals surface area contributed by atoms with Gasteiger partial charge in [0, 0.05) is 31.3 Å². The first-order chi connectivity index (χ1) is 10.3. The summed E-state index contributed by atoms with van der Waals surface area (Å²) in [6, 6.07) is 6.53. The van der Waals surface area contributed by atoms with Gasteiger partial charge in [-0.15, -0.1) is 0 Å². The second-order valence-corrected chi connectivity index (χ2v) is 6.05. The monoisotopic (exact) mass is 304 g/mol. The first-order valence-electron chi connectivity index (χ1n) is 7.26. The van der Waals surface area contributed by atoms with Crippen molar-refractivity contribution in [3.05, 3.63) is 46.3 Å². The van der Waals surface area contributed by atoms with Crippen LogP contribution < -0.4 is 10.1 Å². The van der Waals surface area contributed by atoms with E-state index in [1.165, 1.54) is 11.1 Å². The van der Waals surface area contributed by atoms with E-state index in [-0.39, 0.29) is 6.10 Å². The van der Waals surface area contributed by atoms with E-state index in [1.54, 1.807) is 17.5 Å². The Kier molecular flexibility index (Phi) is 4.85. The highest BCUT2D eigenvalue weighted by molar-refractivity contribution is 7.07. The van der Waals surface area contributed by atoms with Gasteiger partial charge in [0.15, 0.2) is 0 Å². The standard InChI is InChI=1S/C16H20N2O2S/c1-12(14-4-7-21-11-14)18-9-13-2-5-17-16(8-13)20-15-3-6-19-10-15/h2,4-5,7-8,11-12,15,18H,3,6,9-10H2,1H3/t12-,15+/m1/s1. The van der Waals surface area contributed by atoms with Crippen molar-refractivity contribution >= 4 is 11.3 Å². The molecule has 1 saturated heterocycles. The van der Waals surface area contributed by atoms with E-state index in [2.05, 4.69) is 34.1 Å². The molecule has 2 atom stereocenters. The molecule has 2 aromatic rings. The average Bonchev–Trinajstić information content (AvgIpc) is 3.18. The maximum Gasteiger partial charge on any atom is 0.213 e. The van der Waals surface area contributed by atoms with Crippen molar-refractivity contribution in [2.45, 2.75) is 32.0 Å². The third-order valence-electron chi connectivity index (χ3n) is 3.63. The predicted molar refractivity (Wildman–Crippen MR) is 83.7 cm³/mol. The molecule has 1 aliphatic rings. The van der Waals surface area contributed by atoms with Crippen LogP contribution in [0.4, 0.5) is 0 Å². The lowest BCUT2D eigenvalue weighted by molar-refractivity contribution is 0.138. The molecular weight excluding hydrogens is 284 g/mol. The smallest absolute Gasteiger partial charge is 0.213 e. The van der Waals surface area contributed by atoms with Crippen molar-refractivity contribution in [1.82, 2.24) is 10.3 Å². The average molecular weight is 304 g/mol. The summed E-state index contributed by atoms with van der Waals surface area (Å²) in [6.07, 6.45) is 2.89. The van der Waals surface area contributed by atoms with Gasteiger partial charge in [0.05, 0.1) is 13.2 Å². The van der Waals surface area contributed by atoms with Gasteiger partial charge in [-0.1, -0.05) is 0 Å². The molecule has 0 amide bonds. The molecule has 21 heavy (non-hydrogen) atoms. The molecule has 4 nitrogen and oxygen atoms in total. The molecule has 0 radical (unpaired) electrons. The van der Waals surface area contributed by atoms with Crippen molar-refractivity contribution < 1.29 is 9.47 Å². The molecule has 0 unspecified atom stereocenters. The molecule has 0 saturated carbocycles. The Labute approximate surface area is 129 Å². The zero-order valence-electron chi connectivity index (χ0n) is 12.1. The van der Waals surface area contributed by atoms with E-state index < -0.39 is 0 Å². The fraction of sp³-hybridized carbons (Fsp3) is 0.438. The van der Waals surface area contributed by atoms with Gasteiger partial charge in [0.25, 0.3) is 0 Å². The summed E-state index contributed by atoms with van der Waals surface area (Å²) < 4.78 is 11.1. The number of aromatic nitrogens is 1. The van der Waals surface area contributed by atoms with Crippen LogP contribution in [-0.2, 0) is 11.3 Å². The quantitative estimate of drug-likeness (QED) is 0.890. The molecule has 1 N–H and O–H groups in total. The van der Waals surface area contributed by atoms with Crippen LogP contribution in [-0.4, -0.2) is 24.3 Å². The fourth-order valence-electron chi connectivity index (χ4n) is 2.31. The van der Waals surface area contributed by atoms with Crippen LogP contribution in [0.3, 0.4) is 0 Å². The molecule has 1 aliphatic heterocycles. The van der Waals surface area contributed by atoms with Crippen LogP contribution >= 0.6 is 11.3 Å². The van der Waals surface area contributed by atoms with Gasteiger partial charge >= 0.3 is 0 Å². The fourth-order valence-corrected chi connectivity index (χ4v) is 3.07. The van der Waals surface area contributed by atoms with Crippen LogP contribution in [0.2, 0.25) is 0 Å². The minimum Gasteiger partial charge on any atom is -0.472 e. The van der Waals surface area contributed by atoms with Crippen LogP contribution in [0.25, 0.3) is 0 Å². The third kappa shape index (κ3) is 4.03. The maximum absolute atomic E-state index is 5.83. The van der Waals surface area contributed by atoms with Crippen LogP contribution in [0, 0.1) is 0 Å². The molecule has 1 fully saturated rings. The molecule has 0 aliphatic carbocycles. The summed E-state index contributed by atoms with van der Waals surface area (Å²) in [5.74, 6) is 0.688. The summed E-state index contributed by atoms with van der Waals surface area (Å²) in [5, 5.41) is 7.81. The lowest BCUT2D eigenvalue weighted by Gasteiger charge is -2.14. The first-order valence-corrected chi connectivity index (χ1v) is 8.20. The molecular formula is C16H20N2O2S. The van der Waals surface area contributed by atoms with E-state index in [4.69, 9.17) is 9.47 Å². The summed E-state index contributed by atoms with van der Waals surface area (Å²) in [5.41, 5.74) is 2.51. The number of thiophene rings is 1. The number of ether oxygens (including phenoxy) is 2. The molecule has 2 aromatic heterocycles. The minimum absolute atomic E-state index is 0.144. The number of rotatable bonds is 6. The topological polar surface area (TPSA) is 43.4 Å². The van der Waals surface area contributed by atoms with Gasteiger partial charge in [0.1, 0.15) is 6.10 Å². The van der Waals surface area contributed by atoms with Gasteiger partial charge in [0.2, 0.25) is 5.88 Å². The van der Waals surface area contributed by atoms with Crippen molar-refractivity contribution in [2.75, 3.05) is 13.2 Å². The van der Waals surface area contributed by atoms with Crippen LogP contribution in [0.1, 0.15) is 30.5 Å². The Balaban J connectivity index is 1.55. The van der Waals surface area contributed by atoms with Crippen LogP contribution in [0.15, 0.2) is 35.2 Å². The Hall–Kier alpha value is -1.43. The maximum atomic E-state index is 5.83. The highest BCUT2D eigenvalue weighted by Gasteiger charge is 2.17. The SMILES string of the molecule is C[C@@H](NCc1ccnc(O[C@H]2CCOC2)c1)c1ccsc1. The van der Waals surface area contributed by atoms with E-state index >= 15 is 0 Å². The van der Waals surface area contributed by atoms with Gasteiger partial charge in [-0.3, -0.25) is 0 Å². The lowest BCUT2D eigenvalue weighted by atomic mass is 10.1. The molecule has 0 spiro atoms. The third-order valence-corrected chi connectivity index (χ3v) is 4.33. The minimum atomic E-state index is 0.144. The second-order valence-electron chi connectivity index (χ2n) is 5.27. The molecule has 5 heteroatoms. The van der Waals surface area contributed by atoms with E-state index in [9.17, 15) is 0 Å². The van der Waals surface area contributed by atoms with Gasteiger partial charge < -0.3 is 14.8 Å². The highest BCUT2D eigenvalue weighted by atomic mass is 32.1. The summed E-state index contributed by atoms with van der Waals surface area (Å²) in [7, 11) is 0. The summed E-state index contributed by atoms with van der Waals surface area (Å²) in [6.45, 7) is 4.43. The van der Waals surface area contributed by atoms with E-state index in [0.717, 1.165) is 19.6 Å². The van der Waals surface area contributed by atoms with E-state index in [0.29, 0.717) is 18.5 Å². The molecule has 3 heterocycles. The lowest BCUT2D eigenvalue weighted by Crippen LogP contribution is -2.18. The van der Waals surface area contributed by atoms with Crippen molar-refractivity contribution in [3.8, 4) is 5.88 Å².